The first-order valence-electron chi connectivity index (χ1n) is 15.5. The quantitative estimate of drug-likeness (QED) is 0.400. The number of halogens is 1. The molecule has 0 aliphatic carbocycles. The summed E-state index contributed by atoms with van der Waals surface area (Å²) in [4.78, 5) is 42.6. The number of carbonyl (C=O) groups excluding carboxylic acids is 3. The molecule has 3 fully saturated rings. The van der Waals surface area contributed by atoms with Gasteiger partial charge in [0, 0.05) is 74.3 Å². The van der Waals surface area contributed by atoms with Gasteiger partial charge in [0.25, 0.3) is 5.91 Å². The van der Waals surface area contributed by atoms with Gasteiger partial charge < -0.3 is 25.6 Å². The number of nitrogens with zero attached hydrogens (tertiary/aromatic N) is 2. The standard InChI is InChI=1S/C34H42FN5O4/c1-23(2)34(43)40-22-29(38-33(42)31-17-28(35)19-36-31)18-30(40)20-37-32(41)27-11-9-25(10-12-27)4-3-24-5-7-26(8-6-24)21-39-13-15-44-16-14-39/h5-12,23,28-31,36H,13-22H2,1-2H3,(H,37,41)(H,38,42)/t28-,29+,30+,31-/m0/s1. The molecule has 0 bridgehead atoms. The molecule has 3 aliphatic heterocycles. The SMILES string of the molecule is CC(C)C(=O)N1C[C@H](NC(=O)[C@@H]2C[C@H](F)CN2)C[C@@H]1CNC(=O)c1ccc(C#Cc2ccc(CN3CCOCC3)cc2)cc1. The molecule has 0 aromatic heterocycles. The van der Waals surface area contributed by atoms with E-state index in [0.717, 1.165) is 44.0 Å². The second-order valence-corrected chi connectivity index (χ2v) is 12.2. The van der Waals surface area contributed by atoms with Gasteiger partial charge in [0.2, 0.25) is 11.8 Å². The highest BCUT2D eigenvalue weighted by Crippen LogP contribution is 2.21. The lowest BCUT2D eigenvalue weighted by molar-refractivity contribution is -0.135. The Morgan fingerprint density at radius 3 is 2.27 bits per heavy atom. The molecule has 0 unspecified atom stereocenters. The number of hydrogen-bond acceptors (Lipinski definition) is 6. The van der Waals surface area contributed by atoms with Gasteiger partial charge in [-0.2, -0.15) is 0 Å². The third-order valence-electron chi connectivity index (χ3n) is 8.39. The van der Waals surface area contributed by atoms with Gasteiger partial charge in [-0.25, -0.2) is 4.39 Å². The molecule has 2 aromatic carbocycles. The molecule has 4 atom stereocenters. The molecule has 3 amide bonds. The Labute approximate surface area is 258 Å². The largest absolute Gasteiger partial charge is 0.379 e. The minimum Gasteiger partial charge on any atom is -0.379 e. The van der Waals surface area contributed by atoms with Crippen LogP contribution in [0.2, 0.25) is 0 Å². The van der Waals surface area contributed by atoms with E-state index in [1.807, 2.05) is 38.1 Å². The highest BCUT2D eigenvalue weighted by Gasteiger charge is 2.38. The van der Waals surface area contributed by atoms with Crippen molar-refractivity contribution >= 4 is 17.7 Å². The van der Waals surface area contributed by atoms with Gasteiger partial charge in [0.05, 0.1) is 25.3 Å². The summed E-state index contributed by atoms with van der Waals surface area (Å²) in [6.07, 6.45) is -0.362. The zero-order valence-corrected chi connectivity index (χ0v) is 25.5. The number of nitrogens with one attached hydrogen (secondary N) is 3. The van der Waals surface area contributed by atoms with E-state index in [4.69, 9.17) is 4.74 Å². The fraction of sp³-hybridized carbons (Fsp3) is 0.500. The molecule has 2 aromatic rings. The first-order chi connectivity index (χ1) is 21.2. The number of carbonyl (C=O) groups is 3. The maximum absolute atomic E-state index is 13.5. The average molecular weight is 604 g/mol. The summed E-state index contributed by atoms with van der Waals surface area (Å²) in [7, 11) is 0. The number of benzene rings is 2. The van der Waals surface area contributed by atoms with Crippen LogP contribution in [-0.2, 0) is 20.9 Å². The zero-order valence-electron chi connectivity index (χ0n) is 25.5. The van der Waals surface area contributed by atoms with Crippen molar-refractivity contribution < 1.29 is 23.5 Å². The van der Waals surface area contributed by atoms with Gasteiger partial charge in [0.15, 0.2) is 0 Å². The van der Waals surface area contributed by atoms with Gasteiger partial charge in [-0.05, 0) is 48.4 Å². The number of alkyl halides is 1. The first kappa shape index (κ1) is 31.6. The van der Waals surface area contributed by atoms with Crippen molar-refractivity contribution in [1.29, 1.82) is 0 Å². The summed E-state index contributed by atoms with van der Waals surface area (Å²) in [5.41, 5.74) is 3.48. The molecule has 3 heterocycles. The van der Waals surface area contributed by atoms with Crippen LogP contribution in [0, 0.1) is 17.8 Å². The van der Waals surface area contributed by atoms with E-state index in [9.17, 15) is 18.8 Å². The molecule has 9 nitrogen and oxygen atoms in total. The van der Waals surface area contributed by atoms with Gasteiger partial charge in [-0.1, -0.05) is 37.8 Å². The van der Waals surface area contributed by atoms with E-state index < -0.39 is 12.2 Å². The molecule has 5 rings (SSSR count). The van der Waals surface area contributed by atoms with E-state index >= 15 is 0 Å². The van der Waals surface area contributed by atoms with Crippen LogP contribution < -0.4 is 16.0 Å². The molecule has 0 radical (unpaired) electrons. The molecule has 3 saturated heterocycles. The Kier molecular flexibility index (Phi) is 10.6. The fourth-order valence-electron chi connectivity index (χ4n) is 5.88. The van der Waals surface area contributed by atoms with Crippen LogP contribution in [0.1, 0.15) is 53.7 Å². The molecule has 0 spiro atoms. The van der Waals surface area contributed by atoms with Crippen molar-refractivity contribution in [2.75, 3.05) is 45.9 Å². The third-order valence-corrected chi connectivity index (χ3v) is 8.39. The summed E-state index contributed by atoms with van der Waals surface area (Å²) in [6, 6.07) is 14.3. The predicted molar refractivity (Wildman–Crippen MR) is 165 cm³/mol. The van der Waals surface area contributed by atoms with Crippen LogP contribution >= 0.6 is 0 Å². The summed E-state index contributed by atoms with van der Waals surface area (Å²) >= 11 is 0. The number of amides is 3. The normalized spacial score (nSPS) is 23.7. The summed E-state index contributed by atoms with van der Waals surface area (Å²) in [5.74, 6) is 5.62. The highest BCUT2D eigenvalue weighted by molar-refractivity contribution is 5.94. The van der Waals surface area contributed by atoms with Crippen molar-refractivity contribution in [1.82, 2.24) is 25.8 Å². The lowest BCUT2D eigenvalue weighted by Crippen LogP contribution is -2.47. The van der Waals surface area contributed by atoms with Crippen LogP contribution in [-0.4, -0.2) is 97.8 Å². The first-order valence-corrected chi connectivity index (χ1v) is 15.5. The van der Waals surface area contributed by atoms with Gasteiger partial charge in [-0.3, -0.25) is 19.3 Å². The lowest BCUT2D eigenvalue weighted by atomic mass is 10.1. The number of hydrogen-bond donors (Lipinski definition) is 3. The van der Waals surface area contributed by atoms with Gasteiger partial charge in [0.1, 0.15) is 6.17 Å². The van der Waals surface area contributed by atoms with Crippen molar-refractivity contribution in [3.8, 4) is 11.8 Å². The molecule has 234 valence electrons. The number of likely N-dealkylation sites (tertiary alicyclic amines) is 1. The maximum atomic E-state index is 13.5. The van der Waals surface area contributed by atoms with Crippen LogP contribution in [0.4, 0.5) is 4.39 Å². The topological polar surface area (TPSA) is 103 Å². The van der Waals surface area contributed by atoms with E-state index in [2.05, 4.69) is 44.8 Å². The van der Waals surface area contributed by atoms with E-state index in [1.165, 1.54) is 5.56 Å². The highest BCUT2D eigenvalue weighted by atomic mass is 19.1. The molecule has 3 N–H and O–H groups in total. The second kappa shape index (κ2) is 14.8. The molecule has 3 aliphatic rings. The summed E-state index contributed by atoms with van der Waals surface area (Å²) < 4.78 is 19.0. The van der Waals surface area contributed by atoms with E-state index in [0.29, 0.717) is 18.5 Å². The van der Waals surface area contributed by atoms with Crippen LogP contribution in [0.25, 0.3) is 0 Å². The molecule has 0 saturated carbocycles. The maximum Gasteiger partial charge on any atom is 0.251 e. The Balaban J connectivity index is 1.13. The Morgan fingerprint density at radius 1 is 1.00 bits per heavy atom. The minimum atomic E-state index is -1.03. The van der Waals surface area contributed by atoms with E-state index in [1.54, 1.807) is 17.0 Å². The summed E-state index contributed by atoms with van der Waals surface area (Å²) in [6.45, 7) is 8.85. The van der Waals surface area contributed by atoms with Crippen molar-refractivity contribution in [3.63, 3.8) is 0 Å². The monoisotopic (exact) mass is 603 g/mol. The van der Waals surface area contributed by atoms with E-state index in [-0.39, 0.29) is 55.2 Å². The van der Waals surface area contributed by atoms with Crippen molar-refractivity contribution in [2.45, 2.75) is 57.5 Å². The number of morpholine rings is 1. The Hall–Kier alpha value is -3.78. The Bertz CT molecular complexity index is 1360. The smallest absolute Gasteiger partial charge is 0.251 e. The van der Waals surface area contributed by atoms with Crippen LogP contribution in [0.3, 0.4) is 0 Å². The predicted octanol–water partition coefficient (Wildman–Crippen LogP) is 2.09. The Morgan fingerprint density at radius 2 is 1.66 bits per heavy atom. The number of rotatable bonds is 8. The zero-order chi connectivity index (χ0) is 31.1. The molecular weight excluding hydrogens is 561 g/mol. The minimum absolute atomic E-state index is 0.0292. The van der Waals surface area contributed by atoms with Crippen LogP contribution in [0.15, 0.2) is 48.5 Å². The van der Waals surface area contributed by atoms with Crippen molar-refractivity contribution in [3.05, 3.63) is 70.8 Å². The summed E-state index contributed by atoms with van der Waals surface area (Å²) in [5, 5.41) is 8.83. The van der Waals surface area contributed by atoms with Crippen molar-refractivity contribution in [2.24, 2.45) is 5.92 Å². The lowest BCUT2D eigenvalue weighted by Gasteiger charge is -2.26. The molecule has 10 heteroatoms. The fourth-order valence-corrected chi connectivity index (χ4v) is 5.88. The molecule has 44 heavy (non-hydrogen) atoms. The third kappa shape index (κ3) is 8.44. The average Bonchev–Trinajstić information content (AvgIpc) is 3.65. The van der Waals surface area contributed by atoms with Gasteiger partial charge >= 0.3 is 0 Å². The van der Waals surface area contributed by atoms with Crippen LogP contribution in [0.5, 0.6) is 0 Å². The molecular formula is C34H42FN5O4. The van der Waals surface area contributed by atoms with Gasteiger partial charge in [-0.15, -0.1) is 0 Å². The number of ether oxygens (including phenoxy) is 1. The second-order valence-electron chi connectivity index (χ2n) is 12.2.